The fraction of sp³-hybridized carbons (Fsp3) is 0.519. The van der Waals surface area contributed by atoms with Gasteiger partial charge >= 0.3 is 0 Å². The van der Waals surface area contributed by atoms with E-state index in [1.54, 1.807) is 12.1 Å². The number of hydrogen-bond donors (Lipinski definition) is 1. The highest BCUT2D eigenvalue weighted by Crippen LogP contribution is 2.39. The van der Waals surface area contributed by atoms with Gasteiger partial charge in [0.1, 0.15) is 18.4 Å². The van der Waals surface area contributed by atoms with Crippen LogP contribution in [-0.4, -0.2) is 80.6 Å². The largest absolute Gasteiger partial charge is 0.493 e. The minimum absolute atomic E-state index is 0.0342. The Morgan fingerprint density at radius 2 is 1.82 bits per heavy atom. The maximum atomic E-state index is 14.3. The lowest BCUT2D eigenvalue weighted by Gasteiger charge is -2.41. The molecule has 1 unspecified atom stereocenters. The second kappa shape index (κ2) is 12.5. The molecular formula is C27H34Cl2N2O7S. The molecule has 0 spiro atoms. The third kappa shape index (κ3) is 6.57. The van der Waals surface area contributed by atoms with Crippen LogP contribution < -0.4 is 14.2 Å². The molecule has 2 heterocycles. The molecule has 2 fully saturated rings. The van der Waals surface area contributed by atoms with Crippen molar-refractivity contribution in [3.8, 4) is 17.2 Å². The van der Waals surface area contributed by atoms with Gasteiger partial charge in [0.2, 0.25) is 15.9 Å². The third-order valence-electron chi connectivity index (χ3n) is 6.24. The number of fused-ring (bicyclic) bond motifs is 2. The number of benzene rings is 2. The number of hydrogen-bond acceptors (Lipinski definition) is 7. The summed E-state index contributed by atoms with van der Waals surface area (Å²) in [6, 6.07) is 2.58. The molecule has 0 aromatic heterocycles. The molecule has 0 aliphatic carbocycles. The second-order valence-corrected chi connectivity index (χ2v) is 11.7. The molecule has 2 bridgehead atoms. The van der Waals surface area contributed by atoms with E-state index in [2.05, 4.69) is 0 Å². The summed E-state index contributed by atoms with van der Waals surface area (Å²) in [6.45, 7) is -2.63. The maximum Gasteiger partial charge on any atom is 0.244 e. The predicted molar refractivity (Wildman–Crippen MR) is 148 cm³/mol. The molecule has 214 valence electrons. The summed E-state index contributed by atoms with van der Waals surface area (Å²) in [7, 11) is -2.09. The van der Waals surface area contributed by atoms with E-state index in [0.717, 1.165) is 12.1 Å². The van der Waals surface area contributed by atoms with Crippen molar-refractivity contribution in [2.45, 2.75) is 55.6 Å². The smallest absolute Gasteiger partial charge is 0.244 e. The molecule has 1 amide bonds. The van der Waals surface area contributed by atoms with Crippen molar-refractivity contribution in [1.82, 2.24) is 9.21 Å². The highest BCUT2D eigenvalue weighted by atomic mass is 35.5. The van der Waals surface area contributed by atoms with Crippen molar-refractivity contribution in [3.63, 3.8) is 0 Å². The number of carbonyl (C=O) groups is 1. The molecule has 2 aliphatic rings. The Morgan fingerprint density at radius 3 is 2.46 bits per heavy atom. The van der Waals surface area contributed by atoms with Crippen molar-refractivity contribution < 1.29 is 39.4 Å². The first kappa shape index (κ1) is 23.5. The van der Waals surface area contributed by atoms with E-state index in [1.807, 2.05) is 0 Å². The monoisotopic (exact) mass is 605 g/mol. The minimum atomic E-state index is -4.98. The molecule has 4 atom stereocenters. The Hall–Kier alpha value is -2.24. The molecular weight excluding hydrogens is 567 g/mol. The van der Waals surface area contributed by atoms with Gasteiger partial charge in [-0.2, -0.15) is 4.31 Å². The number of methoxy groups -OCH3 is 2. The van der Waals surface area contributed by atoms with Gasteiger partial charge in [0, 0.05) is 34.1 Å². The number of carbonyl (C=O) groups excluding carboxylic acids is 1. The van der Waals surface area contributed by atoms with Crippen molar-refractivity contribution in [1.29, 1.82) is 0 Å². The number of halogens is 2. The van der Waals surface area contributed by atoms with Crippen LogP contribution in [0.3, 0.4) is 0 Å². The standard InChI is InChI=1S/C27H34Cl2N2O7S/c1-17(32)11-18-16-30(9-10-38-21-7-8-25(36-2)26(15-21)37-3)27(33)24-6-4-5-23(18)31(24)39(34,35)22-13-19(28)12-20(29)14-22/h7-8,12-15,17-18,23-24,32H,4-6,9-11,16H2,1-3H3/t17?,18-,23+,24-/m0/s1/i16D2,18D,23D,24D. The van der Waals surface area contributed by atoms with Crippen LogP contribution in [0.5, 0.6) is 17.2 Å². The molecule has 2 saturated heterocycles. The Balaban J connectivity index is 1.85. The lowest BCUT2D eigenvalue weighted by Crippen LogP contribution is -2.55. The highest BCUT2D eigenvalue weighted by Gasteiger charge is 2.50. The number of sulfonamides is 1. The van der Waals surface area contributed by atoms with Crippen LogP contribution in [0.1, 0.15) is 39.5 Å². The van der Waals surface area contributed by atoms with Gasteiger partial charge in [0.05, 0.1) is 33.1 Å². The van der Waals surface area contributed by atoms with Crippen LogP contribution in [0.4, 0.5) is 0 Å². The molecule has 12 heteroatoms. The van der Waals surface area contributed by atoms with Gasteiger partial charge in [0.25, 0.3) is 0 Å². The molecule has 39 heavy (non-hydrogen) atoms. The Bertz CT molecular complexity index is 1520. The van der Waals surface area contributed by atoms with Crippen molar-refractivity contribution in [2.75, 3.05) is 33.9 Å². The van der Waals surface area contributed by atoms with Gasteiger partial charge < -0.3 is 24.2 Å². The third-order valence-corrected chi connectivity index (χ3v) is 8.43. The fourth-order valence-corrected chi connectivity index (χ4v) is 6.91. The Morgan fingerprint density at radius 1 is 1.13 bits per heavy atom. The topological polar surface area (TPSA) is 106 Å². The molecule has 9 nitrogen and oxygen atoms in total. The van der Waals surface area contributed by atoms with Crippen LogP contribution >= 0.6 is 23.2 Å². The van der Waals surface area contributed by atoms with Gasteiger partial charge in [-0.25, -0.2) is 8.42 Å². The first-order valence-corrected chi connectivity index (χ1v) is 14.5. The second-order valence-electron chi connectivity index (χ2n) is 9.09. The Kier molecular flexibility index (Phi) is 7.53. The first-order valence-electron chi connectivity index (χ1n) is 14.8. The average Bonchev–Trinajstić information content (AvgIpc) is 2.94. The zero-order chi connectivity index (χ0) is 32.9. The molecule has 4 rings (SSSR count). The van der Waals surface area contributed by atoms with Gasteiger partial charge in [-0.05, 0) is 68.8 Å². The summed E-state index contributed by atoms with van der Waals surface area (Å²) in [5.74, 6) is -2.99. The van der Waals surface area contributed by atoms with Gasteiger partial charge in [-0.3, -0.25) is 4.79 Å². The van der Waals surface area contributed by atoms with Crippen molar-refractivity contribution >= 4 is 39.1 Å². The number of nitrogens with zero attached hydrogens (tertiary/aromatic N) is 2. The predicted octanol–water partition coefficient (Wildman–Crippen LogP) is 4.23. The molecule has 0 radical (unpaired) electrons. The minimum Gasteiger partial charge on any atom is -0.493 e. The van der Waals surface area contributed by atoms with Crippen molar-refractivity contribution in [3.05, 3.63) is 46.4 Å². The summed E-state index contributed by atoms with van der Waals surface area (Å²) in [5, 5.41) is 10.3. The number of rotatable bonds is 10. The van der Waals surface area contributed by atoms with E-state index in [4.69, 9.17) is 40.2 Å². The number of amides is 1. The van der Waals surface area contributed by atoms with E-state index in [0.29, 0.717) is 20.7 Å². The van der Waals surface area contributed by atoms with Crippen LogP contribution in [-0.2, 0) is 14.8 Å². The Labute approximate surface area is 246 Å². The molecule has 0 saturated carbocycles. The fourth-order valence-electron chi connectivity index (χ4n) is 4.54. The van der Waals surface area contributed by atoms with Gasteiger partial charge in [-0.15, -0.1) is 0 Å². The number of piperidine rings is 1. The molecule has 1 N–H and O–H groups in total. The SMILES string of the molecule is [2H]C1([2H])N(CCOc2ccc(OC)c(OC)c2)C(=O)[C@]2([2H])CCC[C@@]([2H])(N2S(=O)(=O)c2cc(Cl)cc(Cl)c2)[C@@]1([2H])CC(C)O. The highest BCUT2D eigenvalue weighted by molar-refractivity contribution is 7.89. The van der Waals surface area contributed by atoms with Crippen LogP contribution in [0.2, 0.25) is 10.0 Å². The summed E-state index contributed by atoms with van der Waals surface area (Å²) in [5.41, 5.74) is 0. The summed E-state index contributed by atoms with van der Waals surface area (Å²) in [4.78, 5) is 14.3. The zero-order valence-electron chi connectivity index (χ0n) is 26.7. The van der Waals surface area contributed by atoms with Gasteiger partial charge in [-0.1, -0.05) is 23.2 Å². The van der Waals surface area contributed by atoms with E-state index >= 15 is 0 Å². The molecule has 2 aromatic rings. The first-order chi connectivity index (χ1) is 20.4. The molecule has 2 aromatic carbocycles. The maximum absolute atomic E-state index is 14.3. The van der Waals surface area contributed by atoms with Crippen LogP contribution in [0.15, 0.2) is 41.3 Å². The molecule has 2 aliphatic heterocycles. The lowest BCUT2D eigenvalue weighted by molar-refractivity contribution is -0.135. The normalized spacial score (nSPS) is 31.6. The average molecular weight is 607 g/mol. The lowest BCUT2D eigenvalue weighted by atomic mass is 9.87. The number of aliphatic hydroxyl groups is 1. The van der Waals surface area contributed by atoms with E-state index < -0.39 is 64.3 Å². The van der Waals surface area contributed by atoms with E-state index in [-0.39, 0.29) is 41.7 Å². The number of ether oxygens (including phenoxy) is 3. The summed E-state index contributed by atoms with van der Waals surface area (Å²) < 4.78 is 91.9. The van der Waals surface area contributed by atoms with E-state index in [1.165, 1.54) is 33.3 Å². The quantitative estimate of drug-likeness (QED) is 0.432. The van der Waals surface area contributed by atoms with E-state index in [9.17, 15) is 22.4 Å². The summed E-state index contributed by atoms with van der Waals surface area (Å²) >= 11 is 12.2. The zero-order valence-corrected chi connectivity index (χ0v) is 24.1. The van der Waals surface area contributed by atoms with Crippen molar-refractivity contribution in [2.24, 2.45) is 5.89 Å². The summed E-state index contributed by atoms with van der Waals surface area (Å²) in [6.07, 6.45) is -2.92. The van der Waals surface area contributed by atoms with Crippen LogP contribution in [0, 0.1) is 5.89 Å². The van der Waals surface area contributed by atoms with Crippen LogP contribution in [0.25, 0.3) is 0 Å². The number of aliphatic hydroxyl groups excluding tert-OH is 1. The van der Waals surface area contributed by atoms with Gasteiger partial charge in [0.15, 0.2) is 11.5 Å².